The molecule has 3 rings (SSSR count). The fraction of sp³-hybridized carbons (Fsp3) is 0.438. The zero-order chi connectivity index (χ0) is 13.2. The van der Waals surface area contributed by atoms with Crippen LogP contribution in [0.5, 0.6) is 5.75 Å². The van der Waals surface area contributed by atoms with Crippen molar-refractivity contribution in [2.75, 3.05) is 7.11 Å². The first-order valence-corrected chi connectivity index (χ1v) is 6.88. The van der Waals surface area contributed by atoms with Gasteiger partial charge in [-0.3, -0.25) is 4.79 Å². The Hall–Kier alpha value is -1.77. The Kier molecular flexibility index (Phi) is 3.28. The minimum atomic E-state index is 0.232. The van der Waals surface area contributed by atoms with Gasteiger partial charge in [-0.15, -0.1) is 0 Å². The normalized spacial score (nSPS) is 22.9. The zero-order valence-electron chi connectivity index (χ0n) is 11.2. The number of ketones is 1. The topological polar surface area (TPSA) is 38.3 Å². The van der Waals surface area contributed by atoms with E-state index in [0.717, 1.165) is 17.9 Å². The van der Waals surface area contributed by atoms with Gasteiger partial charge in [0.1, 0.15) is 5.75 Å². The van der Waals surface area contributed by atoms with Crippen molar-refractivity contribution in [2.45, 2.75) is 37.6 Å². The van der Waals surface area contributed by atoms with E-state index >= 15 is 0 Å². The first-order chi connectivity index (χ1) is 9.24. The summed E-state index contributed by atoms with van der Waals surface area (Å²) in [6.45, 7) is 0. The highest BCUT2D eigenvalue weighted by molar-refractivity contribution is 5.92. The molecule has 0 aliphatic heterocycles. The van der Waals surface area contributed by atoms with Crippen LogP contribution in [0.4, 0.5) is 0 Å². The molecular formula is C16H19NO2. The van der Waals surface area contributed by atoms with E-state index in [0.29, 0.717) is 18.4 Å². The average Bonchev–Trinajstić information content (AvgIpc) is 3.22. The van der Waals surface area contributed by atoms with E-state index < -0.39 is 0 Å². The van der Waals surface area contributed by atoms with Crippen molar-refractivity contribution < 1.29 is 9.53 Å². The van der Waals surface area contributed by atoms with Crippen molar-refractivity contribution in [1.29, 1.82) is 0 Å². The summed E-state index contributed by atoms with van der Waals surface area (Å²) in [5.41, 5.74) is 2.33. The molecule has 1 saturated carbocycles. The Morgan fingerprint density at radius 3 is 2.53 bits per heavy atom. The van der Waals surface area contributed by atoms with Gasteiger partial charge in [0.25, 0.3) is 0 Å². The van der Waals surface area contributed by atoms with Crippen LogP contribution in [-0.2, 0) is 4.79 Å². The van der Waals surface area contributed by atoms with Crippen LogP contribution in [0.15, 0.2) is 36.0 Å². The molecule has 3 nitrogen and oxygen atoms in total. The molecule has 0 spiro atoms. The third kappa shape index (κ3) is 2.98. The van der Waals surface area contributed by atoms with Crippen molar-refractivity contribution >= 4 is 5.78 Å². The summed E-state index contributed by atoms with van der Waals surface area (Å²) in [7, 11) is 1.67. The molecule has 100 valence electrons. The van der Waals surface area contributed by atoms with Gasteiger partial charge in [-0.2, -0.15) is 0 Å². The second kappa shape index (κ2) is 5.08. The molecule has 0 bridgehead atoms. The molecule has 1 atom stereocenters. The Morgan fingerprint density at radius 1 is 1.16 bits per heavy atom. The van der Waals surface area contributed by atoms with E-state index in [1.807, 2.05) is 12.1 Å². The maximum Gasteiger partial charge on any atom is 0.158 e. The minimum absolute atomic E-state index is 0.232. The van der Waals surface area contributed by atoms with E-state index in [2.05, 4.69) is 17.4 Å². The predicted octanol–water partition coefficient (Wildman–Crippen LogP) is 2.78. The van der Waals surface area contributed by atoms with E-state index in [1.54, 1.807) is 13.2 Å². The van der Waals surface area contributed by atoms with Crippen molar-refractivity contribution in [2.24, 2.45) is 0 Å². The van der Waals surface area contributed by atoms with Crippen LogP contribution in [0.1, 0.15) is 37.2 Å². The molecule has 1 aromatic rings. The van der Waals surface area contributed by atoms with Gasteiger partial charge < -0.3 is 10.1 Å². The lowest BCUT2D eigenvalue weighted by atomic mass is 9.85. The molecule has 1 N–H and O–H groups in total. The Bertz CT molecular complexity index is 500. The van der Waals surface area contributed by atoms with Crippen LogP contribution < -0.4 is 10.1 Å². The standard InChI is InChI=1S/C16H19NO2/c1-19-16-6-2-11(3-7-16)12-8-14(10-15(18)9-12)17-13-4-5-13/h2-3,6-7,10,12-13,17H,4-5,8-9H2,1H3/t12-/m0/s1. The van der Waals surface area contributed by atoms with Crippen LogP contribution in [0.2, 0.25) is 0 Å². The maximum atomic E-state index is 11.8. The number of carbonyl (C=O) groups excluding carboxylic acids is 1. The predicted molar refractivity (Wildman–Crippen MR) is 74.2 cm³/mol. The van der Waals surface area contributed by atoms with E-state index in [-0.39, 0.29) is 5.78 Å². The highest BCUT2D eigenvalue weighted by atomic mass is 16.5. The number of rotatable bonds is 4. The Morgan fingerprint density at radius 2 is 1.89 bits per heavy atom. The molecule has 0 heterocycles. The SMILES string of the molecule is COc1ccc([C@@H]2CC(=O)C=C(NC3CC3)C2)cc1. The van der Waals surface area contributed by atoms with Crippen LogP contribution >= 0.6 is 0 Å². The van der Waals surface area contributed by atoms with Gasteiger partial charge in [0.15, 0.2) is 5.78 Å². The van der Waals surface area contributed by atoms with Gasteiger partial charge in [0, 0.05) is 24.2 Å². The molecule has 2 aliphatic carbocycles. The second-order valence-corrected chi connectivity index (χ2v) is 5.43. The summed E-state index contributed by atoms with van der Waals surface area (Å²) in [4.78, 5) is 11.8. The minimum Gasteiger partial charge on any atom is -0.497 e. The van der Waals surface area contributed by atoms with E-state index in [9.17, 15) is 4.79 Å². The molecule has 0 amide bonds. The summed E-state index contributed by atoms with van der Waals surface area (Å²) in [6, 6.07) is 8.67. The van der Waals surface area contributed by atoms with E-state index in [4.69, 9.17) is 4.74 Å². The first-order valence-electron chi connectivity index (χ1n) is 6.88. The lowest BCUT2D eigenvalue weighted by molar-refractivity contribution is -0.115. The molecule has 0 aromatic heterocycles. The molecule has 0 radical (unpaired) electrons. The third-order valence-corrected chi connectivity index (χ3v) is 3.80. The molecular weight excluding hydrogens is 238 g/mol. The highest BCUT2D eigenvalue weighted by Gasteiger charge is 2.27. The highest BCUT2D eigenvalue weighted by Crippen LogP contribution is 2.33. The zero-order valence-corrected chi connectivity index (χ0v) is 11.2. The molecule has 0 saturated heterocycles. The monoisotopic (exact) mass is 257 g/mol. The first kappa shape index (κ1) is 12.3. The van der Waals surface area contributed by atoms with Crippen molar-refractivity contribution in [3.63, 3.8) is 0 Å². The second-order valence-electron chi connectivity index (χ2n) is 5.43. The van der Waals surface area contributed by atoms with Crippen LogP contribution in [0.3, 0.4) is 0 Å². The molecule has 3 heteroatoms. The number of benzene rings is 1. The quantitative estimate of drug-likeness (QED) is 0.901. The number of ether oxygens (including phenoxy) is 1. The fourth-order valence-electron chi connectivity index (χ4n) is 2.59. The number of methoxy groups -OCH3 is 1. The molecule has 2 aliphatic rings. The third-order valence-electron chi connectivity index (χ3n) is 3.80. The maximum absolute atomic E-state index is 11.8. The average molecular weight is 257 g/mol. The Labute approximate surface area is 113 Å². The smallest absolute Gasteiger partial charge is 0.158 e. The summed E-state index contributed by atoms with van der Waals surface area (Å²) in [5.74, 6) is 1.39. The lowest BCUT2D eigenvalue weighted by Gasteiger charge is -2.23. The van der Waals surface area contributed by atoms with Crippen molar-refractivity contribution in [3.8, 4) is 5.75 Å². The summed E-state index contributed by atoms with van der Waals surface area (Å²) in [5, 5.41) is 3.46. The van der Waals surface area contributed by atoms with Gasteiger partial charge in [-0.05, 0) is 42.9 Å². The molecule has 1 fully saturated rings. The van der Waals surface area contributed by atoms with Crippen molar-refractivity contribution in [3.05, 3.63) is 41.6 Å². The summed E-state index contributed by atoms with van der Waals surface area (Å²) >= 11 is 0. The number of hydrogen-bond acceptors (Lipinski definition) is 3. The summed E-state index contributed by atoms with van der Waals surface area (Å²) < 4.78 is 5.17. The van der Waals surface area contributed by atoms with Crippen LogP contribution in [0.25, 0.3) is 0 Å². The van der Waals surface area contributed by atoms with Gasteiger partial charge in [-0.1, -0.05) is 12.1 Å². The van der Waals surface area contributed by atoms with E-state index in [1.165, 1.54) is 18.4 Å². The number of carbonyl (C=O) groups is 1. The molecule has 0 unspecified atom stereocenters. The fourth-order valence-corrected chi connectivity index (χ4v) is 2.59. The van der Waals surface area contributed by atoms with Gasteiger partial charge >= 0.3 is 0 Å². The number of allylic oxidation sites excluding steroid dienone is 2. The molecule has 19 heavy (non-hydrogen) atoms. The number of hydrogen-bond donors (Lipinski definition) is 1. The largest absolute Gasteiger partial charge is 0.497 e. The van der Waals surface area contributed by atoms with Crippen LogP contribution in [0, 0.1) is 0 Å². The Balaban J connectivity index is 1.73. The van der Waals surface area contributed by atoms with Gasteiger partial charge in [0.2, 0.25) is 0 Å². The van der Waals surface area contributed by atoms with Gasteiger partial charge in [-0.25, -0.2) is 0 Å². The van der Waals surface area contributed by atoms with Gasteiger partial charge in [0.05, 0.1) is 7.11 Å². The molecule has 1 aromatic carbocycles. The number of nitrogens with one attached hydrogen (secondary N) is 1. The lowest BCUT2D eigenvalue weighted by Crippen LogP contribution is -2.23. The van der Waals surface area contributed by atoms with Crippen molar-refractivity contribution in [1.82, 2.24) is 5.32 Å². The summed E-state index contributed by atoms with van der Waals surface area (Å²) in [6.07, 6.45) is 5.81. The van der Waals surface area contributed by atoms with Crippen LogP contribution in [-0.4, -0.2) is 18.9 Å².